The van der Waals surface area contributed by atoms with Gasteiger partial charge in [0.1, 0.15) is 5.82 Å². The Balaban J connectivity index is 2.36. The van der Waals surface area contributed by atoms with Crippen LogP contribution in [0.2, 0.25) is 0 Å². The van der Waals surface area contributed by atoms with E-state index in [0.717, 1.165) is 12.0 Å². The van der Waals surface area contributed by atoms with Crippen molar-refractivity contribution in [2.75, 3.05) is 4.90 Å². The number of hydrogen-bond acceptors (Lipinski definition) is 2. The second-order valence-electron chi connectivity index (χ2n) is 5.78. The highest BCUT2D eigenvalue weighted by Gasteiger charge is 2.49. The Kier molecular flexibility index (Phi) is 2.02. The van der Waals surface area contributed by atoms with E-state index < -0.39 is 23.0 Å². The van der Waals surface area contributed by atoms with Crippen LogP contribution in [0, 0.1) is 5.82 Å². The van der Waals surface area contributed by atoms with E-state index in [1.165, 1.54) is 12.1 Å². The molecule has 0 fully saturated rings. The molecule has 94 valence electrons. The fraction of sp³-hybridized carbons (Fsp3) is 0.429. The maximum atomic E-state index is 13.5. The Bertz CT molecular complexity index is 592. The third-order valence-corrected chi connectivity index (χ3v) is 3.91. The highest BCUT2D eigenvalue weighted by molar-refractivity contribution is 6.52. The number of halogens is 1. The number of benzene rings is 1. The molecule has 0 saturated heterocycles. The predicted octanol–water partition coefficient (Wildman–Crippen LogP) is 2.64. The summed E-state index contributed by atoms with van der Waals surface area (Å²) in [5.41, 5.74) is 1.20. The molecule has 0 unspecified atom stereocenters. The van der Waals surface area contributed by atoms with Gasteiger partial charge in [-0.05, 0) is 43.9 Å². The van der Waals surface area contributed by atoms with E-state index in [1.807, 2.05) is 20.8 Å². The first-order valence-corrected chi connectivity index (χ1v) is 6.05. The Morgan fingerprint density at radius 2 is 2.00 bits per heavy atom. The molecule has 0 radical (unpaired) electrons. The van der Waals surface area contributed by atoms with Crippen LogP contribution in [-0.4, -0.2) is 17.2 Å². The zero-order valence-electron chi connectivity index (χ0n) is 10.6. The molecule has 3 rings (SSSR count). The van der Waals surface area contributed by atoms with Gasteiger partial charge in [0, 0.05) is 5.54 Å². The fourth-order valence-electron chi connectivity index (χ4n) is 3.27. The van der Waals surface area contributed by atoms with Gasteiger partial charge in [-0.3, -0.25) is 14.5 Å². The zero-order chi connectivity index (χ0) is 13.2. The highest BCUT2D eigenvalue weighted by Crippen LogP contribution is 2.48. The monoisotopic (exact) mass is 247 g/mol. The smallest absolute Gasteiger partial charge is 0.299 e. The summed E-state index contributed by atoms with van der Waals surface area (Å²) in [6, 6.07) is 2.62. The van der Waals surface area contributed by atoms with Crippen molar-refractivity contribution in [1.82, 2.24) is 0 Å². The van der Waals surface area contributed by atoms with Crippen LogP contribution in [0.15, 0.2) is 12.1 Å². The molecular weight excluding hydrogens is 233 g/mol. The first kappa shape index (κ1) is 11.4. The maximum absolute atomic E-state index is 13.5. The van der Waals surface area contributed by atoms with Gasteiger partial charge < -0.3 is 0 Å². The largest absolute Gasteiger partial charge is 0.299 e. The minimum atomic E-state index is -0.590. The van der Waals surface area contributed by atoms with Gasteiger partial charge >= 0.3 is 0 Å². The molecule has 18 heavy (non-hydrogen) atoms. The molecule has 0 N–H and O–H groups in total. The number of rotatable bonds is 0. The van der Waals surface area contributed by atoms with Gasteiger partial charge in [-0.25, -0.2) is 4.39 Å². The summed E-state index contributed by atoms with van der Waals surface area (Å²) in [5, 5.41) is 0. The summed E-state index contributed by atoms with van der Waals surface area (Å²) in [4.78, 5) is 25.5. The lowest BCUT2D eigenvalue weighted by atomic mass is 9.80. The van der Waals surface area contributed by atoms with Gasteiger partial charge in [0.2, 0.25) is 0 Å². The van der Waals surface area contributed by atoms with E-state index in [-0.39, 0.29) is 11.5 Å². The van der Waals surface area contributed by atoms with Crippen LogP contribution in [-0.2, 0) is 4.79 Å². The van der Waals surface area contributed by atoms with Crippen molar-refractivity contribution in [2.24, 2.45) is 0 Å². The molecule has 1 aromatic rings. The molecule has 2 aliphatic rings. The van der Waals surface area contributed by atoms with Crippen LogP contribution < -0.4 is 4.90 Å². The van der Waals surface area contributed by atoms with Crippen molar-refractivity contribution >= 4 is 17.4 Å². The van der Waals surface area contributed by atoms with Gasteiger partial charge in [-0.1, -0.05) is 6.92 Å². The van der Waals surface area contributed by atoms with Gasteiger partial charge in [-0.2, -0.15) is 0 Å². The first-order valence-electron chi connectivity index (χ1n) is 6.05. The van der Waals surface area contributed by atoms with E-state index >= 15 is 0 Å². The van der Waals surface area contributed by atoms with Gasteiger partial charge in [0.15, 0.2) is 0 Å². The summed E-state index contributed by atoms with van der Waals surface area (Å²) in [6.45, 7) is 5.88. The van der Waals surface area contributed by atoms with Crippen LogP contribution in [0.5, 0.6) is 0 Å². The topological polar surface area (TPSA) is 37.4 Å². The molecule has 1 amide bonds. The van der Waals surface area contributed by atoms with Gasteiger partial charge in [0.05, 0.1) is 11.3 Å². The van der Waals surface area contributed by atoms with E-state index in [1.54, 1.807) is 4.90 Å². The minimum absolute atomic E-state index is 0.138. The second kappa shape index (κ2) is 3.19. The lowest BCUT2D eigenvalue weighted by Gasteiger charge is -2.43. The molecule has 1 atom stereocenters. The molecule has 0 spiro atoms. The number of ketones is 1. The first-order chi connectivity index (χ1) is 8.33. The second-order valence-corrected chi connectivity index (χ2v) is 5.78. The molecule has 3 nitrogen and oxygen atoms in total. The van der Waals surface area contributed by atoms with Crippen LogP contribution in [0.25, 0.3) is 0 Å². The van der Waals surface area contributed by atoms with E-state index in [0.29, 0.717) is 5.69 Å². The van der Waals surface area contributed by atoms with E-state index in [9.17, 15) is 14.0 Å². The number of hydrogen-bond donors (Lipinski definition) is 0. The summed E-state index contributed by atoms with van der Waals surface area (Å²) in [5.74, 6) is -1.43. The number of Topliss-reactive ketones (excluding diaryl/α,β-unsaturated/α-hetero) is 1. The summed E-state index contributed by atoms with van der Waals surface area (Å²) < 4.78 is 13.5. The third-order valence-electron chi connectivity index (χ3n) is 3.91. The molecule has 0 saturated carbocycles. The van der Waals surface area contributed by atoms with E-state index in [2.05, 4.69) is 0 Å². The third kappa shape index (κ3) is 1.23. The highest BCUT2D eigenvalue weighted by atomic mass is 19.1. The molecule has 4 heteroatoms. The van der Waals surface area contributed by atoms with Crippen molar-refractivity contribution in [3.63, 3.8) is 0 Å². The molecular formula is C14H14FNO2. The molecule has 2 heterocycles. The maximum Gasteiger partial charge on any atom is 0.299 e. The molecule has 1 aromatic carbocycles. The number of nitrogens with zero attached hydrogens (tertiary/aromatic N) is 1. The zero-order valence-corrected chi connectivity index (χ0v) is 10.6. The Morgan fingerprint density at radius 1 is 1.33 bits per heavy atom. The SMILES string of the molecule is C[C@@H]1CC(C)(C)N2C(=O)C(=O)c3cc(F)cc1c32. The number of carbonyl (C=O) groups excluding carboxylic acids is 2. The van der Waals surface area contributed by atoms with Crippen LogP contribution in [0.3, 0.4) is 0 Å². The van der Waals surface area contributed by atoms with E-state index in [4.69, 9.17) is 0 Å². The summed E-state index contributed by atoms with van der Waals surface area (Å²) in [6.07, 6.45) is 0.724. The van der Waals surface area contributed by atoms with Crippen LogP contribution >= 0.6 is 0 Å². The standard InChI is InChI=1S/C14H14FNO2/c1-7-6-14(2,3)16-11-9(7)4-8(15)5-10(11)12(17)13(16)18/h4-5,7H,6H2,1-3H3/t7-/m1/s1. The van der Waals surface area contributed by atoms with Crippen molar-refractivity contribution in [1.29, 1.82) is 0 Å². The van der Waals surface area contributed by atoms with Gasteiger partial charge in [0.25, 0.3) is 11.7 Å². The Hall–Kier alpha value is -1.71. The van der Waals surface area contributed by atoms with Crippen LogP contribution in [0.1, 0.15) is 49.0 Å². The molecule has 0 aliphatic carbocycles. The quantitative estimate of drug-likeness (QED) is 0.661. The van der Waals surface area contributed by atoms with Crippen LogP contribution in [0.4, 0.5) is 10.1 Å². The Labute approximate surface area is 105 Å². The van der Waals surface area contributed by atoms with Crippen molar-refractivity contribution in [3.8, 4) is 0 Å². The van der Waals surface area contributed by atoms with Crippen molar-refractivity contribution in [3.05, 3.63) is 29.1 Å². The average molecular weight is 247 g/mol. The van der Waals surface area contributed by atoms with Crippen molar-refractivity contribution in [2.45, 2.75) is 38.6 Å². The average Bonchev–Trinajstić information content (AvgIpc) is 2.50. The number of carbonyl (C=O) groups is 2. The lowest BCUT2D eigenvalue weighted by molar-refractivity contribution is -0.115. The molecule has 0 aromatic heterocycles. The summed E-state index contributed by atoms with van der Waals surface area (Å²) in [7, 11) is 0. The fourth-order valence-corrected chi connectivity index (χ4v) is 3.27. The molecule has 0 bridgehead atoms. The van der Waals surface area contributed by atoms with Gasteiger partial charge in [-0.15, -0.1) is 0 Å². The summed E-state index contributed by atoms with van der Waals surface area (Å²) >= 11 is 0. The normalized spacial score (nSPS) is 24.4. The lowest BCUT2D eigenvalue weighted by Crippen LogP contribution is -2.50. The predicted molar refractivity (Wildman–Crippen MR) is 65.3 cm³/mol. The number of anilines is 1. The van der Waals surface area contributed by atoms with Crippen molar-refractivity contribution < 1.29 is 14.0 Å². The number of amides is 1. The minimum Gasteiger partial charge on any atom is -0.299 e. The molecule has 2 aliphatic heterocycles. The Morgan fingerprint density at radius 3 is 2.67 bits per heavy atom.